The number of halogens is 2. The first-order valence-corrected chi connectivity index (χ1v) is 10.4. The van der Waals surface area contributed by atoms with E-state index in [0.717, 1.165) is 11.3 Å². The predicted molar refractivity (Wildman–Crippen MR) is 110 cm³/mol. The van der Waals surface area contributed by atoms with Crippen molar-refractivity contribution in [2.24, 2.45) is 0 Å². The van der Waals surface area contributed by atoms with Crippen molar-refractivity contribution in [2.45, 2.75) is 25.6 Å². The number of thioether (sulfide) groups is 1. The first kappa shape index (κ1) is 22.3. The lowest BCUT2D eigenvalue weighted by Gasteiger charge is -2.17. The number of ether oxygens (including phenoxy) is 2. The van der Waals surface area contributed by atoms with E-state index in [1.54, 1.807) is 42.1 Å². The van der Waals surface area contributed by atoms with Gasteiger partial charge in [0.25, 0.3) is 0 Å². The third-order valence-corrected chi connectivity index (χ3v) is 5.01. The summed E-state index contributed by atoms with van der Waals surface area (Å²) in [5.41, 5.74) is 1.17. The van der Waals surface area contributed by atoms with Gasteiger partial charge in [-0.2, -0.15) is 11.8 Å². The van der Waals surface area contributed by atoms with Crippen molar-refractivity contribution >= 4 is 29.3 Å². The monoisotopic (exact) mass is 427 g/mol. The zero-order valence-corrected chi connectivity index (χ0v) is 17.3. The van der Waals surface area contributed by atoms with Crippen LogP contribution >= 0.6 is 23.4 Å². The molecular weight excluding hydrogens is 405 g/mol. The van der Waals surface area contributed by atoms with Gasteiger partial charge in [0.2, 0.25) is 0 Å². The third-order valence-electron chi connectivity index (χ3n) is 4.08. The normalized spacial score (nSPS) is 11.9. The third kappa shape index (κ3) is 6.29. The number of hydrogen-bond donors (Lipinski definition) is 2. The van der Waals surface area contributed by atoms with Crippen molar-refractivity contribution in [3.63, 3.8) is 0 Å². The minimum atomic E-state index is -0.892. The molecule has 0 radical (unpaired) electrons. The molecule has 28 heavy (non-hydrogen) atoms. The highest BCUT2D eigenvalue weighted by atomic mass is 35.5. The molecule has 0 aliphatic rings. The fraction of sp³-hybridized carbons (Fsp3) is 0.350. The summed E-state index contributed by atoms with van der Waals surface area (Å²) in [4.78, 5) is 11.3. The largest absolute Gasteiger partial charge is 0.493 e. The van der Waals surface area contributed by atoms with Crippen molar-refractivity contribution in [3.05, 3.63) is 58.4 Å². The summed E-state index contributed by atoms with van der Waals surface area (Å²) < 4.78 is 24.8. The van der Waals surface area contributed by atoms with Gasteiger partial charge in [0.1, 0.15) is 18.5 Å². The molecule has 0 spiro atoms. The Kier molecular flexibility index (Phi) is 8.89. The van der Waals surface area contributed by atoms with E-state index in [9.17, 15) is 14.3 Å². The number of benzene rings is 2. The summed E-state index contributed by atoms with van der Waals surface area (Å²) in [5.74, 6) is 0.210. The lowest BCUT2D eigenvalue weighted by molar-refractivity contribution is -0.139. The number of aliphatic carboxylic acids is 1. The number of rotatable bonds is 11. The molecule has 0 saturated carbocycles. The molecule has 1 unspecified atom stereocenters. The summed E-state index contributed by atoms with van der Waals surface area (Å²) in [7, 11) is 1.48. The molecule has 8 heteroatoms. The van der Waals surface area contributed by atoms with Gasteiger partial charge in [0.15, 0.2) is 11.5 Å². The molecule has 5 nitrogen and oxygen atoms in total. The van der Waals surface area contributed by atoms with E-state index in [0.29, 0.717) is 35.1 Å². The van der Waals surface area contributed by atoms with E-state index < -0.39 is 12.0 Å². The molecule has 2 aromatic carbocycles. The Morgan fingerprint density at radius 3 is 2.75 bits per heavy atom. The van der Waals surface area contributed by atoms with Crippen LogP contribution in [0.25, 0.3) is 0 Å². The van der Waals surface area contributed by atoms with Crippen LogP contribution in [0.15, 0.2) is 36.4 Å². The molecule has 0 fully saturated rings. The molecule has 0 aliphatic carbocycles. The predicted octanol–water partition coefficient (Wildman–Crippen LogP) is 4.36. The highest BCUT2D eigenvalue weighted by Gasteiger charge is 2.18. The molecule has 0 aromatic heterocycles. The molecule has 0 bridgehead atoms. The second kappa shape index (κ2) is 11.1. The fourth-order valence-electron chi connectivity index (χ4n) is 2.57. The fourth-order valence-corrected chi connectivity index (χ4v) is 3.33. The van der Waals surface area contributed by atoms with Crippen molar-refractivity contribution in [3.8, 4) is 11.5 Å². The molecule has 2 N–H and O–H groups in total. The van der Waals surface area contributed by atoms with Crippen LogP contribution in [0.3, 0.4) is 0 Å². The Hall–Kier alpha value is -1.96. The molecule has 2 rings (SSSR count). The summed E-state index contributed by atoms with van der Waals surface area (Å²) in [6, 6.07) is 9.10. The number of nitrogens with one attached hydrogen (secondary N) is 1. The smallest absolute Gasteiger partial charge is 0.320 e. The van der Waals surface area contributed by atoms with Crippen LogP contribution in [0, 0.1) is 5.82 Å². The first-order chi connectivity index (χ1) is 13.5. The quantitative estimate of drug-likeness (QED) is 0.555. The van der Waals surface area contributed by atoms with Crippen molar-refractivity contribution in [2.75, 3.05) is 19.1 Å². The molecule has 0 amide bonds. The van der Waals surface area contributed by atoms with Crippen LogP contribution in [0.1, 0.15) is 17.5 Å². The van der Waals surface area contributed by atoms with Crippen molar-refractivity contribution in [1.29, 1.82) is 0 Å². The summed E-state index contributed by atoms with van der Waals surface area (Å²) in [5, 5.41) is 12.6. The van der Waals surface area contributed by atoms with Gasteiger partial charge in [-0.05, 0) is 42.2 Å². The van der Waals surface area contributed by atoms with Gasteiger partial charge in [0.05, 0.1) is 12.1 Å². The van der Waals surface area contributed by atoms with Gasteiger partial charge in [-0.15, -0.1) is 0 Å². The highest BCUT2D eigenvalue weighted by molar-refractivity contribution is 7.98. The number of carboxylic acid groups (broad SMARTS) is 1. The maximum Gasteiger partial charge on any atom is 0.320 e. The molecule has 0 aliphatic heterocycles. The summed E-state index contributed by atoms with van der Waals surface area (Å²) in [6.45, 7) is 0.325. The summed E-state index contributed by atoms with van der Waals surface area (Å²) in [6.07, 6.45) is 2.45. The van der Waals surface area contributed by atoms with Gasteiger partial charge >= 0.3 is 5.97 Å². The van der Waals surface area contributed by atoms with Crippen LogP contribution in [-0.4, -0.2) is 36.2 Å². The van der Waals surface area contributed by atoms with E-state index in [4.69, 9.17) is 21.1 Å². The van der Waals surface area contributed by atoms with Gasteiger partial charge in [-0.1, -0.05) is 29.8 Å². The Morgan fingerprint density at radius 2 is 2.11 bits per heavy atom. The molecule has 2 aromatic rings. The minimum absolute atomic E-state index is 0.0100. The van der Waals surface area contributed by atoms with E-state index in [2.05, 4.69) is 5.32 Å². The Labute approximate surface area is 173 Å². The van der Waals surface area contributed by atoms with Crippen LogP contribution in [0.4, 0.5) is 4.39 Å². The van der Waals surface area contributed by atoms with Crippen LogP contribution in [0.5, 0.6) is 11.5 Å². The van der Waals surface area contributed by atoms with Crippen LogP contribution < -0.4 is 14.8 Å². The number of hydrogen-bond acceptors (Lipinski definition) is 5. The van der Waals surface area contributed by atoms with E-state index >= 15 is 0 Å². The first-order valence-electron chi connectivity index (χ1n) is 8.64. The Morgan fingerprint density at radius 1 is 1.36 bits per heavy atom. The molecule has 0 heterocycles. The maximum absolute atomic E-state index is 13.8. The minimum Gasteiger partial charge on any atom is -0.493 e. The Balaban J connectivity index is 2.09. The summed E-state index contributed by atoms with van der Waals surface area (Å²) >= 11 is 7.93. The van der Waals surface area contributed by atoms with Gasteiger partial charge in [-0.25, -0.2) is 4.39 Å². The SMILES string of the molecule is COc1cc(CNC(CCSC)C(=O)O)cc(Cl)c1OCc1ccccc1F. The van der Waals surface area contributed by atoms with Gasteiger partial charge in [0, 0.05) is 12.1 Å². The zero-order chi connectivity index (χ0) is 20.5. The van der Waals surface area contributed by atoms with E-state index in [1.165, 1.54) is 13.2 Å². The standard InChI is InChI=1S/C20H23ClFNO4S/c1-26-18-10-13(11-23-17(20(24)25)7-8-28-2)9-15(21)19(18)27-12-14-5-3-4-6-16(14)22/h3-6,9-10,17,23H,7-8,11-12H2,1-2H3,(H,24,25). The Bertz CT molecular complexity index is 806. The van der Waals surface area contributed by atoms with E-state index in [1.807, 2.05) is 6.26 Å². The van der Waals surface area contributed by atoms with E-state index in [-0.39, 0.29) is 12.4 Å². The van der Waals surface area contributed by atoms with Crippen molar-refractivity contribution in [1.82, 2.24) is 5.32 Å². The van der Waals surface area contributed by atoms with Crippen LogP contribution in [0.2, 0.25) is 5.02 Å². The van der Waals surface area contributed by atoms with Crippen molar-refractivity contribution < 1.29 is 23.8 Å². The number of carbonyl (C=O) groups is 1. The van der Waals surface area contributed by atoms with Gasteiger partial charge < -0.3 is 19.9 Å². The molecule has 0 saturated heterocycles. The lowest BCUT2D eigenvalue weighted by Crippen LogP contribution is -2.36. The maximum atomic E-state index is 13.8. The van der Waals surface area contributed by atoms with Crippen LogP contribution in [-0.2, 0) is 17.9 Å². The number of methoxy groups -OCH3 is 1. The molecule has 152 valence electrons. The lowest BCUT2D eigenvalue weighted by atomic mass is 10.1. The molecule has 1 atom stereocenters. The zero-order valence-electron chi connectivity index (χ0n) is 15.7. The average molecular weight is 428 g/mol. The average Bonchev–Trinajstić information content (AvgIpc) is 2.67. The second-order valence-corrected chi connectivity index (χ2v) is 7.44. The highest BCUT2D eigenvalue weighted by Crippen LogP contribution is 2.37. The molecular formula is C20H23ClFNO4S. The topological polar surface area (TPSA) is 67.8 Å². The number of carboxylic acids is 1. The second-order valence-electron chi connectivity index (χ2n) is 6.04. The van der Waals surface area contributed by atoms with Gasteiger partial charge in [-0.3, -0.25) is 4.79 Å².